The first-order chi connectivity index (χ1) is 9.90. The Kier molecular flexibility index (Phi) is 5.85. The van der Waals surface area contributed by atoms with Crippen LogP contribution in [0.5, 0.6) is 0 Å². The van der Waals surface area contributed by atoms with Crippen molar-refractivity contribution in [3.8, 4) is 0 Å². The SMILES string of the molecule is CN(C)CCn1ncc(Br)c1C(O)c1ccc(Cl)cc1Br. The highest BCUT2D eigenvalue weighted by Gasteiger charge is 2.21. The molecule has 0 saturated heterocycles. The van der Waals surface area contributed by atoms with Gasteiger partial charge in [0.2, 0.25) is 0 Å². The van der Waals surface area contributed by atoms with Gasteiger partial charge in [-0.05, 0) is 42.2 Å². The molecule has 0 aliphatic rings. The van der Waals surface area contributed by atoms with Gasteiger partial charge < -0.3 is 10.0 Å². The second-order valence-electron chi connectivity index (χ2n) is 4.97. The Balaban J connectivity index is 2.34. The summed E-state index contributed by atoms with van der Waals surface area (Å²) in [6.45, 7) is 1.55. The van der Waals surface area contributed by atoms with Crippen molar-refractivity contribution in [3.05, 3.63) is 49.6 Å². The van der Waals surface area contributed by atoms with E-state index in [9.17, 15) is 5.11 Å². The van der Waals surface area contributed by atoms with Crippen LogP contribution in [0.4, 0.5) is 0 Å². The molecule has 7 heteroatoms. The van der Waals surface area contributed by atoms with Gasteiger partial charge in [-0.1, -0.05) is 33.6 Å². The smallest absolute Gasteiger partial charge is 0.123 e. The number of likely N-dealkylation sites (N-methyl/N-ethyl adjacent to an activating group) is 1. The van der Waals surface area contributed by atoms with Crippen LogP contribution in [0.15, 0.2) is 33.3 Å². The van der Waals surface area contributed by atoms with Gasteiger partial charge in [-0.3, -0.25) is 4.68 Å². The summed E-state index contributed by atoms with van der Waals surface area (Å²) in [7, 11) is 4.01. The lowest BCUT2D eigenvalue weighted by Gasteiger charge is -2.17. The first-order valence-corrected chi connectivity index (χ1v) is 8.35. The van der Waals surface area contributed by atoms with Crippen molar-refractivity contribution in [1.82, 2.24) is 14.7 Å². The number of aliphatic hydroxyl groups excluding tert-OH is 1. The van der Waals surface area contributed by atoms with Gasteiger partial charge in [-0.2, -0.15) is 5.10 Å². The molecule has 1 N–H and O–H groups in total. The number of rotatable bonds is 5. The molecule has 114 valence electrons. The molecule has 2 aromatic rings. The summed E-state index contributed by atoms with van der Waals surface area (Å²) in [6, 6.07) is 5.35. The van der Waals surface area contributed by atoms with Gasteiger partial charge in [0.05, 0.1) is 22.9 Å². The van der Waals surface area contributed by atoms with Crippen LogP contribution in [0, 0.1) is 0 Å². The number of hydrogen-bond acceptors (Lipinski definition) is 3. The standard InChI is InChI=1S/C14H16Br2ClN3O/c1-19(2)5-6-20-13(12(16)8-18-20)14(21)10-4-3-9(17)7-11(10)15/h3-4,7-8,14,21H,5-6H2,1-2H3. The number of halogens is 3. The van der Waals surface area contributed by atoms with Crippen molar-refractivity contribution in [1.29, 1.82) is 0 Å². The summed E-state index contributed by atoms with van der Waals surface area (Å²) in [6.07, 6.45) is 0.925. The molecule has 0 spiro atoms. The van der Waals surface area contributed by atoms with E-state index < -0.39 is 6.10 Å². The maximum absolute atomic E-state index is 10.7. The highest BCUT2D eigenvalue weighted by Crippen LogP contribution is 2.33. The second-order valence-corrected chi connectivity index (χ2v) is 7.12. The van der Waals surface area contributed by atoms with Gasteiger partial charge in [0.25, 0.3) is 0 Å². The lowest BCUT2D eigenvalue weighted by molar-refractivity contribution is 0.204. The average molecular weight is 438 g/mol. The quantitative estimate of drug-likeness (QED) is 0.776. The Labute approximate surface area is 146 Å². The average Bonchev–Trinajstić information content (AvgIpc) is 2.77. The van der Waals surface area contributed by atoms with E-state index in [1.165, 1.54) is 0 Å². The zero-order valence-corrected chi connectivity index (χ0v) is 15.7. The van der Waals surface area contributed by atoms with Crippen LogP contribution in [0.2, 0.25) is 5.02 Å². The molecule has 0 radical (unpaired) electrons. The fourth-order valence-corrected chi connectivity index (χ4v) is 3.40. The van der Waals surface area contributed by atoms with Crippen LogP contribution in [-0.2, 0) is 6.54 Å². The monoisotopic (exact) mass is 435 g/mol. The fraction of sp³-hybridized carbons (Fsp3) is 0.357. The Morgan fingerprint density at radius 3 is 2.67 bits per heavy atom. The van der Waals surface area contributed by atoms with E-state index in [-0.39, 0.29) is 0 Å². The summed E-state index contributed by atoms with van der Waals surface area (Å²) in [5, 5.41) is 15.6. The Bertz CT molecular complexity index is 631. The zero-order chi connectivity index (χ0) is 15.6. The van der Waals surface area contributed by atoms with E-state index >= 15 is 0 Å². The van der Waals surface area contributed by atoms with Crippen LogP contribution >= 0.6 is 43.5 Å². The predicted molar refractivity (Wildman–Crippen MR) is 91.7 cm³/mol. The minimum Gasteiger partial charge on any atom is -0.382 e. The summed E-state index contributed by atoms with van der Waals surface area (Å²) in [4.78, 5) is 2.07. The highest BCUT2D eigenvalue weighted by molar-refractivity contribution is 9.10. The van der Waals surface area contributed by atoms with Crippen molar-refractivity contribution < 1.29 is 5.11 Å². The fourth-order valence-electron chi connectivity index (χ4n) is 1.99. The van der Waals surface area contributed by atoms with E-state index in [1.807, 2.05) is 24.8 Å². The highest BCUT2D eigenvalue weighted by atomic mass is 79.9. The molecule has 1 heterocycles. The minimum absolute atomic E-state index is 0.623. The first kappa shape index (κ1) is 17.0. The van der Waals surface area contributed by atoms with Crippen LogP contribution < -0.4 is 0 Å². The van der Waals surface area contributed by atoms with Gasteiger partial charge in [-0.25, -0.2) is 0 Å². The van der Waals surface area contributed by atoms with Crippen LogP contribution in [0.3, 0.4) is 0 Å². The lowest BCUT2D eigenvalue weighted by atomic mass is 10.1. The summed E-state index contributed by atoms with van der Waals surface area (Å²) >= 11 is 12.9. The molecule has 0 fully saturated rings. The van der Waals surface area contributed by atoms with Gasteiger partial charge in [0, 0.05) is 21.6 Å². The normalized spacial score (nSPS) is 12.9. The molecule has 4 nitrogen and oxygen atoms in total. The van der Waals surface area contributed by atoms with Crippen molar-refractivity contribution >= 4 is 43.5 Å². The van der Waals surface area contributed by atoms with E-state index in [0.717, 1.165) is 26.7 Å². The van der Waals surface area contributed by atoms with Crippen LogP contribution in [0.25, 0.3) is 0 Å². The molecule has 2 rings (SSSR count). The summed E-state index contributed by atoms with van der Waals surface area (Å²) in [5.74, 6) is 0. The second kappa shape index (κ2) is 7.24. The number of benzene rings is 1. The minimum atomic E-state index is -0.782. The Morgan fingerprint density at radius 2 is 2.05 bits per heavy atom. The van der Waals surface area contributed by atoms with Gasteiger partial charge in [0.1, 0.15) is 6.10 Å². The van der Waals surface area contributed by atoms with Crippen LogP contribution in [0.1, 0.15) is 17.4 Å². The Hall–Kier alpha value is -0.400. The molecule has 0 aliphatic heterocycles. The van der Waals surface area contributed by atoms with Crippen LogP contribution in [-0.4, -0.2) is 40.4 Å². The Morgan fingerprint density at radius 1 is 1.33 bits per heavy atom. The zero-order valence-electron chi connectivity index (χ0n) is 11.7. The van der Waals surface area contributed by atoms with E-state index in [2.05, 4.69) is 41.9 Å². The van der Waals surface area contributed by atoms with Crippen molar-refractivity contribution in [2.45, 2.75) is 12.6 Å². The van der Waals surface area contributed by atoms with Gasteiger partial charge >= 0.3 is 0 Å². The van der Waals surface area contributed by atoms with Crippen molar-refractivity contribution in [3.63, 3.8) is 0 Å². The van der Waals surface area contributed by atoms with E-state index in [4.69, 9.17) is 11.6 Å². The predicted octanol–water partition coefficient (Wildman–Crippen LogP) is 3.70. The van der Waals surface area contributed by atoms with E-state index in [0.29, 0.717) is 11.6 Å². The molecule has 21 heavy (non-hydrogen) atoms. The van der Waals surface area contributed by atoms with Gasteiger partial charge in [-0.15, -0.1) is 0 Å². The molecule has 0 bridgehead atoms. The van der Waals surface area contributed by atoms with Crippen molar-refractivity contribution in [2.75, 3.05) is 20.6 Å². The molecule has 1 atom stereocenters. The molecular formula is C14H16Br2ClN3O. The molecular weight excluding hydrogens is 421 g/mol. The first-order valence-electron chi connectivity index (χ1n) is 6.39. The van der Waals surface area contributed by atoms with Crippen molar-refractivity contribution in [2.24, 2.45) is 0 Å². The molecule has 0 amide bonds. The third-order valence-electron chi connectivity index (χ3n) is 3.11. The topological polar surface area (TPSA) is 41.3 Å². The number of aliphatic hydroxyl groups is 1. The number of hydrogen-bond donors (Lipinski definition) is 1. The maximum atomic E-state index is 10.7. The summed E-state index contributed by atoms with van der Waals surface area (Å²) < 4.78 is 3.38. The third-order valence-corrected chi connectivity index (χ3v) is 4.64. The summed E-state index contributed by atoms with van der Waals surface area (Å²) in [5.41, 5.74) is 1.49. The van der Waals surface area contributed by atoms with Gasteiger partial charge in [0.15, 0.2) is 0 Å². The number of nitrogens with zero attached hydrogens (tertiary/aromatic N) is 3. The molecule has 1 aromatic carbocycles. The lowest BCUT2D eigenvalue weighted by Crippen LogP contribution is -2.21. The van der Waals surface area contributed by atoms with E-state index in [1.54, 1.807) is 18.3 Å². The molecule has 1 aromatic heterocycles. The largest absolute Gasteiger partial charge is 0.382 e. The third kappa shape index (κ3) is 4.07. The maximum Gasteiger partial charge on any atom is 0.123 e. The molecule has 1 unspecified atom stereocenters. The molecule has 0 saturated carbocycles. The molecule has 0 aliphatic carbocycles. The number of aromatic nitrogens is 2.